The van der Waals surface area contributed by atoms with Gasteiger partial charge in [0.05, 0.1) is 14.2 Å². The molecule has 20 heavy (non-hydrogen) atoms. The van der Waals surface area contributed by atoms with E-state index >= 15 is 0 Å². The molecule has 0 bridgehead atoms. The van der Waals surface area contributed by atoms with Crippen LogP contribution in [0.2, 0.25) is 0 Å². The molecule has 0 saturated heterocycles. The summed E-state index contributed by atoms with van der Waals surface area (Å²) in [5.74, 6) is 2.62. The maximum absolute atomic E-state index is 9.34. The third kappa shape index (κ3) is 3.44. The van der Waals surface area contributed by atoms with Gasteiger partial charge in [0.2, 0.25) is 0 Å². The summed E-state index contributed by atoms with van der Waals surface area (Å²) < 4.78 is 10.7. The zero-order valence-corrected chi connectivity index (χ0v) is 12.4. The van der Waals surface area contributed by atoms with Gasteiger partial charge < -0.3 is 19.9 Å². The molecule has 0 radical (unpaired) electrons. The van der Waals surface area contributed by atoms with Gasteiger partial charge in [-0.2, -0.15) is 0 Å². The van der Waals surface area contributed by atoms with Crippen LogP contribution in [0.15, 0.2) is 18.2 Å². The molecule has 1 aromatic carbocycles. The Labute approximate surface area is 121 Å². The topological polar surface area (TPSA) is 50.7 Å². The molecule has 0 spiro atoms. The first kappa shape index (κ1) is 15.1. The van der Waals surface area contributed by atoms with Gasteiger partial charge in [0.1, 0.15) is 0 Å². The molecule has 2 atom stereocenters. The number of nitrogens with one attached hydrogen (secondary N) is 1. The third-order valence-corrected chi connectivity index (χ3v) is 4.26. The second-order valence-corrected chi connectivity index (χ2v) is 5.42. The minimum Gasteiger partial charge on any atom is -0.493 e. The number of rotatable bonds is 7. The Morgan fingerprint density at radius 2 is 2.00 bits per heavy atom. The lowest BCUT2D eigenvalue weighted by atomic mass is 9.97. The number of aliphatic hydroxyl groups is 1. The highest BCUT2D eigenvalue weighted by atomic mass is 16.5. The van der Waals surface area contributed by atoms with Crippen molar-refractivity contribution in [2.24, 2.45) is 11.8 Å². The Morgan fingerprint density at radius 1 is 1.20 bits per heavy atom. The average molecular weight is 279 g/mol. The number of benzene rings is 1. The van der Waals surface area contributed by atoms with Crippen LogP contribution < -0.4 is 14.8 Å². The van der Waals surface area contributed by atoms with Crippen molar-refractivity contribution in [3.05, 3.63) is 23.8 Å². The Bertz CT molecular complexity index is 422. The summed E-state index contributed by atoms with van der Waals surface area (Å²) in [4.78, 5) is 0. The van der Waals surface area contributed by atoms with Crippen molar-refractivity contribution >= 4 is 0 Å². The Kier molecular flexibility index (Phi) is 5.68. The van der Waals surface area contributed by atoms with Gasteiger partial charge in [-0.3, -0.25) is 0 Å². The lowest BCUT2D eigenvalue weighted by Gasteiger charge is -2.19. The number of methoxy groups -OCH3 is 2. The first-order chi connectivity index (χ1) is 9.80. The van der Waals surface area contributed by atoms with E-state index in [1.165, 1.54) is 12.8 Å². The summed E-state index contributed by atoms with van der Waals surface area (Å²) in [5, 5.41) is 12.8. The first-order valence-electron chi connectivity index (χ1n) is 7.31. The summed E-state index contributed by atoms with van der Waals surface area (Å²) in [6.07, 6.45) is 3.61. The summed E-state index contributed by atoms with van der Waals surface area (Å²) in [6.45, 7) is 2.02. The molecule has 1 aliphatic rings. The first-order valence-corrected chi connectivity index (χ1v) is 7.31. The van der Waals surface area contributed by atoms with Gasteiger partial charge in [0.15, 0.2) is 11.5 Å². The minimum atomic E-state index is 0.314. The van der Waals surface area contributed by atoms with Crippen LogP contribution in [0.25, 0.3) is 0 Å². The van der Waals surface area contributed by atoms with Crippen molar-refractivity contribution in [1.82, 2.24) is 5.32 Å². The lowest BCUT2D eigenvalue weighted by Crippen LogP contribution is -2.26. The van der Waals surface area contributed by atoms with Crippen LogP contribution in [-0.4, -0.2) is 32.5 Å². The fourth-order valence-corrected chi connectivity index (χ4v) is 3.11. The molecule has 0 amide bonds. The van der Waals surface area contributed by atoms with E-state index in [0.717, 1.165) is 36.6 Å². The predicted octanol–water partition coefficient (Wildman–Crippen LogP) is 2.20. The van der Waals surface area contributed by atoms with Crippen LogP contribution in [0.4, 0.5) is 0 Å². The smallest absolute Gasteiger partial charge is 0.165 e. The Hall–Kier alpha value is -1.26. The molecule has 0 aromatic heterocycles. The predicted molar refractivity (Wildman–Crippen MR) is 79.2 cm³/mol. The summed E-state index contributed by atoms with van der Waals surface area (Å²) in [5.41, 5.74) is 1.10. The van der Waals surface area contributed by atoms with Crippen molar-refractivity contribution in [3.8, 4) is 11.5 Å². The zero-order valence-electron chi connectivity index (χ0n) is 12.4. The van der Waals surface area contributed by atoms with Crippen molar-refractivity contribution in [2.75, 3.05) is 27.4 Å². The monoisotopic (exact) mass is 279 g/mol. The van der Waals surface area contributed by atoms with E-state index in [9.17, 15) is 5.11 Å². The average Bonchev–Trinajstić information content (AvgIpc) is 2.94. The fraction of sp³-hybridized carbons (Fsp3) is 0.625. The molecule has 2 N–H and O–H groups in total. The van der Waals surface area contributed by atoms with Gasteiger partial charge >= 0.3 is 0 Å². The number of aliphatic hydroxyl groups excluding tert-OH is 1. The van der Waals surface area contributed by atoms with E-state index < -0.39 is 0 Å². The van der Waals surface area contributed by atoms with Crippen molar-refractivity contribution in [1.29, 1.82) is 0 Å². The molecule has 2 unspecified atom stereocenters. The van der Waals surface area contributed by atoms with Gasteiger partial charge in [0, 0.05) is 18.7 Å². The van der Waals surface area contributed by atoms with E-state index in [1.54, 1.807) is 14.2 Å². The lowest BCUT2D eigenvalue weighted by molar-refractivity contribution is 0.192. The zero-order chi connectivity index (χ0) is 14.4. The van der Waals surface area contributed by atoms with E-state index in [4.69, 9.17) is 9.47 Å². The van der Waals surface area contributed by atoms with Gasteiger partial charge in [-0.15, -0.1) is 0 Å². The van der Waals surface area contributed by atoms with Crippen LogP contribution in [0.1, 0.15) is 24.8 Å². The number of hydrogen-bond acceptors (Lipinski definition) is 4. The number of para-hydroxylation sites is 1. The number of ether oxygens (including phenoxy) is 2. The molecule has 112 valence electrons. The van der Waals surface area contributed by atoms with Crippen molar-refractivity contribution in [3.63, 3.8) is 0 Å². The van der Waals surface area contributed by atoms with Gasteiger partial charge in [-0.05, 0) is 37.3 Å². The third-order valence-electron chi connectivity index (χ3n) is 4.26. The van der Waals surface area contributed by atoms with Crippen LogP contribution in [0.3, 0.4) is 0 Å². The molecule has 4 nitrogen and oxygen atoms in total. The maximum atomic E-state index is 9.34. The quantitative estimate of drug-likeness (QED) is 0.803. The second kappa shape index (κ2) is 7.50. The van der Waals surface area contributed by atoms with Gasteiger partial charge in [-0.25, -0.2) is 0 Å². The van der Waals surface area contributed by atoms with Gasteiger partial charge in [-0.1, -0.05) is 18.6 Å². The fourth-order valence-electron chi connectivity index (χ4n) is 3.11. The molecule has 0 heterocycles. The van der Waals surface area contributed by atoms with Crippen LogP contribution in [-0.2, 0) is 6.54 Å². The van der Waals surface area contributed by atoms with Crippen molar-refractivity contribution in [2.45, 2.75) is 25.8 Å². The highest BCUT2D eigenvalue weighted by Crippen LogP contribution is 2.32. The summed E-state index contributed by atoms with van der Waals surface area (Å²) in [6, 6.07) is 5.93. The van der Waals surface area contributed by atoms with Crippen molar-refractivity contribution < 1.29 is 14.6 Å². The van der Waals surface area contributed by atoms with E-state index in [-0.39, 0.29) is 0 Å². The van der Waals surface area contributed by atoms with Crippen LogP contribution >= 0.6 is 0 Å². The standard InChI is InChI=1S/C16H25NO3/c1-19-15-8-4-6-13(16(15)20-2)10-17-9-12-5-3-7-14(12)11-18/h4,6,8,12,14,17-18H,3,5,7,9-11H2,1-2H3. The summed E-state index contributed by atoms with van der Waals surface area (Å²) in [7, 11) is 3.32. The van der Waals surface area contributed by atoms with Crippen LogP contribution in [0, 0.1) is 11.8 Å². The van der Waals surface area contributed by atoms with E-state index in [0.29, 0.717) is 18.4 Å². The molecular formula is C16H25NO3. The highest BCUT2D eigenvalue weighted by molar-refractivity contribution is 5.46. The molecular weight excluding hydrogens is 254 g/mol. The molecule has 1 saturated carbocycles. The normalized spacial score (nSPS) is 21.9. The maximum Gasteiger partial charge on any atom is 0.165 e. The molecule has 1 fully saturated rings. The SMILES string of the molecule is COc1cccc(CNCC2CCCC2CO)c1OC. The Balaban J connectivity index is 1.91. The largest absolute Gasteiger partial charge is 0.493 e. The van der Waals surface area contributed by atoms with E-state index in [2.05, 4.69) is 5.32 Å². The Morgan fingerprint density at radius 3 is 2.70 bits per heavy atom. The van der Waals surface area contributed by atoms with E-state index in [1.807, 2.05) is 18.2 Å². The second-order valence-electron chi connectivity index (χ2n) is 5.42. The molecule has 1 aromatic rings. The molecule has 0 aliphatic heterocycles. The highest BCUT2D eigenvalue weighted by Gasteiger charge is 2.26. The van der Waals surface area contributed by atoms with Crippen LogP contribution in [0.5, 0.6) is 11.5 Å². The molecule has 2 rings (SSSR count). The molecule has 4 heteroatoms. The molecule has 1 aliphatic carbocycles. The number of hydrogen-bond donors (Lipinski definition) is 2. The van der Waals surface area contributed by atoms with Gasteiger partial charge in [0.25, 0.3) is 0 Å². The minimum absolute atomic E-state index is 0.314. The summed E-state index contributed by atoms with van der Waals surface area (Å²) >= 11 is 0.